The molecule has 0 aliphatic rings. The molecule has 0 aliphatic carbocycles. The Morgan fingerprint density at radius 1 is 1.00 bits per heavy atom. The van der Waals surface area contributed by atoms with Gasteiger partial charge < -0.3 is 0 Å². The Morgan fingerprint density at radius 2 is 1.54 bits per heavy atom. The predicted octanol–water partition coefficient (Wildman–Crippen LogP) is 6.16. The van der Waals surface area contributed by atoms with Crippen molar-refractivity contribution in [3.8, 4) is 0 Å². The zero-order valence-corrected chi connectivity index (χ0v) is 21.9. The monoisotopic (exact) mass is 498 g/mol. The van der Waals surface area contributed by atoms with Crippen LogP contribution in [-0.2, 0) is 11.3 Å². The molecule has 0 unspecified atom stereocenters. The van der Waals surface area contributed by atoms with Gasteiger partial charge in [-0.25, -0.2) is 0 Å². The fourth-order valence-corrected chi connectivity index (χ4v) is 19.3. The van der Waals surface area contributed by atoms with E-state index in [1.165, 1.54) is 51.8 Å². The van der Waals surface area contributed by atoms with Crippen LogP contribution in [0.5, 0.6) is 0 Å². The Bertz CT molecular complexity index is 545. The van der Waals surface area contributed by atoms with Crippen LogP contribution in [0, 0.1) is 0 Å². The molecule has 28 heavy (non-hydrogen) atoms. The zero-order valence-electron chi connectivity index (χ0n) is 19.1. The number of nitrogens with zero attached hydrogens (tertiary/aromatic N) is 1. The van der Waals surface area contributed by atoms with Crippen LogP contribution >= 0.6 is 0 Å². The number of carbonyl (C=O) groups is 1. The third-order valence-electron chi connectivity index (χ3n) is 5.28. The molecule has 0 fully saturated rings. The minimum absolute atomic E-state index is 0.388. The van der Waals surface area contributed by atoms with E-state index in [9.17, 15) is 4.79 Å². The number of carbonyl (C=O) groups excluding carboxylic acids is 1. The standard InChI is InChI=1S/C11H15N2O2.3C4H9.Sn/c1-11(2,3)15-10(14)13-8-9-6-4-5-7-12-9;3*1-3-4-2;/h4,6-7H,8H2,1-3H3,(H,13,14);3*1,3-4H2,2H3;. The van der Waals surface area contributed by atoms with Crippen LogP contribution < -0.4 is 8.90 Å². The summed E-state index contributed by atoms with van der Waals surface area (Å²) in [5, 5.41) is 2.81. The van der Waals surface area contributed by atoms with Crippen LogP contribution in [0.25, 0.3) is 0 Å². The third kappa shape index (κ3) is 9.14. The average Bonchev–Trinajstić information content (AvgIpc) is 2.65. The average molecular weight is 497 g/mol. The van der Waals surface area contributed by atoms with E-state index in [2.05, 4.69) is 44.4 Å². The molecule has 0 spiro atoms. The zero-order chi connectivity index (χ0) is 21.0. The number of pyridine rings is 1. The summed E-state index contributed by atoms with van der Waals surface area (Å²) in [5.41, 5.74) is 0.420. The van der Waals surface area contributed by atoms with E-state index in [0.29, 0.717) is 6.54 Å². The molecular weight excluding hydrogens is 455 g/mol. The Morgan fingerprint density at radius 3 is 1.93 bits per heavy atom. The van der Waals surface area contributed by atoms with Crippen LogP contribution in [0.4, 0.5) is 4.79 Å². The van der Waals surface area contributed by atoms with Crippen molar-refractivity contribution in [3.05, 3.63) is 24.0 Å². The molecule has 1 aromatic rings. The molecule has 0 saturated carbocycles. The van der Waals surface area contributed by atoms with E-state index < -0.39 is 24.0 Å². The normalized spacial score (nSPS) is 12.1. The first-order valence-corrected chi connectivity index (χ1v) is 18.7. The van der Waals surface area contributed by atoms with Crippen molar-refractivity contribution in [2.24, 2.45) is 0 Å². The van der Waals surface area contributed by atoms with Gasteiger partial charge >= 0.3 is 177 Å². The predicted molar refractivity (Wildman–Crippen MR) is 122 cm³/mol. The number of ether oxygens (including phenoxy) is 1. The number of alkyl carbamates (subject to hydrolysis) is 1. The van der Waals surface area contributed by atoms with Crippen LogP contribution in [0.2, 0.25) is 13.3 Å². The van der Waals surface area contributed by atoms with Gasteiger partial charge in [-0.2, -0.15) is 0 Å². The fraction of sp³-hybridized carbons (Fsp3) is 0.739. The quantitative estimate of drug-likeness (QED) is 0.352. The topological polar surface area (TPSA) is 51.2 Å². The second kappa shape index (κ2) is 12.7. The molecule has 1 amide bonds. The second-order valence-electron chi connectivity index (χ2n) is 8.98. The molecule has 0 saturated heterocycles. The molecule has 160 valence electrons. The van der Waals surface area contributed by atoms with Gasteiger partial charge in [0.15, 0.2) is 0 Å². The maximum atomic E-state index is 11.9. The summed E-state index contributed by atoms with van der Waals surface area (Å²) >= 11 is -2.40. The molecule has 1 aromatic heterocycles. The van der Waals surface area contributed by atoms with Crippen molar-refractivity contribution >= 4 is 28.0 Å². The number of aromatic nitrogens is 1. The second-order valence-corrected chi connectivity index (χ2v) is 22.2. The number of unbranched alkanes of at least 4 members (excludes halogenated alkanes) is 3. The van der Waals surface area contributed by atoms with Gasteiger partial charge in [0, 0.05) is 0 Å². The van der Waals surface area contributed by atoms with E-state index in [1.54, 1.807) is 3.58 Å². The summed E-state index contributed by atoms with van der Waals surface area (Å²) in [6.07, 6.45) is 9.65. The molecule has 4 nitrogen and oxygen atoms in total. The number of hydrogen-bond donors (Lipinski definition) is 1. The number of amides is 1. The first-order valence-electron chi connectivity index (χ1n) is 11.2. The van der Waals surface area contributed by atoms with Crippen molar-refractivity contribution in [1.82, 2.24) is 10.3 Å². The molecule has 0 aliphatic heterocycles. The summed E-state index contributed by atoms with van der Waals surface area (Å²) in [4.78, 5) is 16.6. The van der Waals surface area contributed by atoms with Gasteiger partial charge in [-0.15, -0.1) is 0 Å². The van der Waals surface area contributed by atoms with Gasteiger partial charge in [0.05, 0.1) is 0 Å². The summed E-state index contributed by atoms with van der Waals surface area (Å²) < 4.78 is 11.2. The van der Waals surface area contributed by atoms with Gasteiger partial charge in [-0.1, -0.05) is 0 Å². The van der Waals surface area contributed by atoms with Gasteiger partial charge in [0.2, 0.25) is 0 Å². The molecule has 1 N–H and O–H groups in total. The number of nitrogens with one attached hydrogen (secondary N) is 1. The number of hydrogen-bond acceptors (Lipinski definition) is 3. The van der Waals surface area contributed by atoms with Crippen LogP contribution in [-0.4, -0.2) is 35.1 Å². The van der Waals surface area contributed by atoms with E-state index in [0.717, 1.165) is 5.69 Å². The van der Waals surface area contributed by atoms with E-state index in [4.69, 9.17) is 9.72 Å². The summed E-state index contributed by atoms with van der Waals surface area (Å²) in [6, 6.07) is 4.44. The molecule has 0 atom stereocenters. The van der Waals surface area contributed by atoms with Crippen LogP contribution in [0.15, 0.2) is 18.3 Å². The minimum atomic E-state index is -2.40. The molecule has 1 rings (SSSR count). The Hall–Kier alpha value is -0.781. The summed E-state index contributed by atoms with van der Waals surface area (Å²) in [5.74, 6) is 0. The van der Waals surface area contributed by atoms with E-state index in [-0.39, 0.29) is 6.09 Å². The molecule has 5 heteroatoms. The third-order valence-corrected chi connectivity index (χ3v) is 20.8. The first-order chi connectivity index (χ1) is 13.3. The van der Waals surface area contributed by atoms with Gasteiger partial charge in [-0.3, -0.25) is 0 Å². The van der Waals surface area contributed by atoms with Gasteiger partial charge in [-0.05, 0) is 0 Å². The summed E-state index contributed by atoms with van der Waals surface area (Å²) in [6.45, 7) is 12.9. The van der Waals surface area contributed by atoms with Crippen molar-refractivity contribution in [3.63, 3.8) is 0 Å². The summed E-state index contributed by atoms with van der Waals surface area (Å²) in [7, 11) is 0. The molecule has 0 bridgehead atoms. The van der Waals surface area contributed by atoms with Crippen molar-refractivity contribution in [2.75, 3.05) is 0 Å². The Balaban J connectivity index is 2.88. The Labute approximate surface area is 177 Å². The van der Waals surface area contributed by atoms with Crippen molar-refractivity contribution < 1.29 is 9.53 Å². The van der Waals surface area contributed by atoms with Crippen LogP contribution in [0.3, 0.4) is 0 Å². The first kappa shape index (κ1) is 25.3. The van der Waals surface area contributed by atoms with Crippen LogP contribution in [0.1, 0.15) is 85.8 Å². The Kier molecular flexibility index (Phi) is 11.5. The fourth-order valence-electron chi connectivity index (χ4n) is 3.67. The van der Waals surface area contributed by atoms with E-state index in [1.807, 2.05) is 20.8 Å². The molecule has 0 aromatic carbocycles. The van der Waals surface area contributed by atoms with Gasteiger partial charge in [0.25, 0.3) is 0 Å². The van der Waals surface area contributed by atoms with Crippen molar-refractivity contribution in [2.45, 2.75) is 106 Å². The maximum absolute atomic E-state index is 11.9. The van der Waals surface area contributed by atoms with E-state index >= 15 is 0 Å². The molecular formula is C23H42N2O2Sn. The van der Waals surface area contributed by atoms with Gasteiger partial charge in [0.1, 0.15) is 0 Å². The van der Waals surface area contributed by atoms with Crippen molar-refractivity contribution in [1.29, 1.82) is 0 Å². The molecule has 1 heterocycles. The molecule has 0 radical (unpaired) electrons. The SMILES string of the molecule is CCC[CH2][Sn]([CH2]CCC)([CH2]CCC)[c]1ccc(CNC(=O)OC(C)(C)C)nc1. The number of rotatable bonds is 12.